The predicted octanol–water partition coefficient (Wildman–Crippen LogP) is 3.33. The van der Waals surface area contributed by atoms with E-state index in [9.17, 15) is 9.90 Å². The molecule has 3 nitrogen and oxygen atoms in total. The molecule has 0 fully saturated rings. The van der Waals surface area contributed by atoms with E-state index in [2.05, 4.69) is 6.92 Å². The minimum Gasteiger partial charge on any atom is -0.481 e. The van der Waals surface area contributed by atoms with Crippen LogP contribution in [-0.2, 0) is 4.79 Å². The third-order valence-electron chi connectivity index (χ3n) is 3.01. The Hall–Kier alpha value is -1.51. The Labute approximate surface area is 103 Å². The number of hydrogen-bond acceptors (Lipinski definition) is 2. The first-order valence-corrected chi connectivity index (χ1v) is 6.15. The molecule has 0 radical (unpaired) electrons. The highest BCUT2D eigenvalue weighted by Crippen LogP contribution is 2.28. The van der Waals surface area contributed by atoms with Gasteiger partial charge in [0.2, 0.25) is 0 Å². The van der Waals surface area contributed by atoms with Crippen LogP contribution in [0.1, 0.15) is 49.7 Å². The van der Waals surface area contributed by atoms with Gasteiger partial charge in [-0.15, -0.1) is 0 Å². The zero-order valence-electron chi connectivity index (χ0n) is 10.6. The van der Waals surface area contributed by atoms with Crippen molar-refractivity contribution in [2.24, 2.45) is 0 Å². The molecule has 0 aromatic heterocycles. The maximum atomic E-state index is 11.3. The maximum Gasteiger partial charge on any atom is 0.311 e. The Kier molecular flexibility index (Phi) is 5.01. The average molecular weight is 235 g/mol. The number of carboxylic acids is 1. The quantitative estimate of drug-likeness (QED) is 0.587. The highest BCUT2D eigenvalue weighted by atomic mass is 16.4. The highest BCUT2D eigenvalue weighted by molar-refractivity contribution is 5.78. The fourth-order valence-electron chi connectivity index (χ4n) is 2.01. The molecule has 1 atom stereocenters. The average Bonchev–Trinajstić information content (AvgIpc) is 2.28. The number of rotatable bonds is 6. The Morgan fingerprint density at radius 3 is 2.71 bits per heavy atom. The lowest BCUT2D eigenvalue weighted by Gasteiger charge is -2.15. The maximum absolute atomic E-state index is 11.3. The summed E-state index contributed by atoms with van der Waals surface area (Å²) in [5.74, 6) is -1.25. The molecule has 3 heteroatoms. The fraction of sp³-hybridized carbons (Fsp3) is 0.500. The molecule has 94 valence electrons. The van der Waals surface area contributed by atoms with Crippen LogP contribution in [0.15, 0.2) is 18.2 Å². The van der Waals surface area contributed by atoms with E-state index < -0.39 is 11.9 Å². The summed E-state index contributed by atoms with van der Waals surface area (Å²) in [7, 11) is 0. The van der Waals surface area contributed by atoms with Crippen LogP contribution in [0.4, 0.5) is 5.69 Å². The topological polar surface area (TPSA) is 63.3 Å². The number of aryl methyl sites for hydroxylation is 1. The van der Waals surface area contributed by atoms with Crippen molar-refractivity contribution in [2.45, 2.75) is 45.4 Å². The van der Waals surface area contributed by atoms with Gasteiger partial charge in [-0.3, -0.25) is 4.79 Å². The molecule has 0 saturated carbocycles. The summed E-state index contributed by atoms with van der Waals surface area (Å²) < 4.78 is 0. The monoisotopic (exact) mass is 235 g/mol. The van der Waals surface area contributed by atoms with Gasteiger partial charge in [-0.25, -0.2) is 0 Å². The van der Waals surface area contributed by atoms with Crippen molar-refractivity contribution >= 4 is 11.7 Å². The lowest BCUT2D eigenvalue weighted by molar-refractivity contribution is -0.139. The van der Waals surface area contributed by atoms with Crippen LogP contribution in [-0.4, -0.2) is 11.1 Å². The third kappa shape index (κ3) is 3.77. The van der Waals surface area contributed by atoms with Gasteiger partial charge in [0.25, 0.3) is 0 Å². The molecular formula is C14H21NO2. The van der Waals surface area contributed by atoms with Crippen LogP contribution in [0.25, 0.3) is 0 Å². The molecule has 0 spiro atoms. The van der Waals surface area contributed by atoms with Crippen molar-refractivity contribution in [1.82, 2.24) is 0 Å². The minimum atomic E-state index is -0.779. The van der Waals surface area contributed by atoms with Gasteiger partial charge in [-0.2, -0.15) is 0 Å². The van der Waals surface area contributed by atoms with E-state index >= 15 is 0 Å². The molecule has 0 bridgehead atoms. The molecule has 1 rings (SSSR count). The number of hydrogen-bond donors (Lipinski definition) is 2. The number of nitrogen functional groups attached to an aromatic ring is 1. The number of carboxylic acid groups (broad SMARTS) is 1. The zero-order valence-corrected chi connectivity index (χ0v) is 10.6. The van der Waals surface area contributed by atoms with E-state index in [1.165, 1.54) is 0 Å². The van der Waals surface area contributed by atoms with Gasteiger partial charge >= 0.3 is 5.97 Å². The molecule has 0 amide bonds. The lowest BCUT2D eigenvalue weighted by atomic mass is 9.91. The largest absolute Gasteiger partial charge is 0.481 e. The summed E-state index contributed by atoms with van der Waals surface area (Å²) in [5, 5.41) is 9.29. The second-order valence-corrected chi connectivity index (χ2v) is 4.52. The lowest BCUT2D eigenvalue weighted by Crippen LogP contribution is -2.13. The van der Waals surface area contributed by atoms with E-state index in [1.54, 1.807) is 6.07 Å². The van der Waals surface area contributed by atoms with Crippen LogP contribution in [0.3, 0.4) is 0 Å². The molecule has 1 aromatic rings. The number of anilines is 1. The number of aliphatic carboxylic acids is 1. The zero-order chi connectivity index (χ0) is 12.8. The minimum absolute atomic E-state index is 0.471. The van der Waals surface area contributed by atoms with Crippen molar-refractivity contribution in [1.29, 1.82) is 0 Å². The van der Waals surface area contributed by atoms with Crippen molar-refractivity contribution in [2.75, 3.05) is 5.73 Å². The molecule has 0 heterocycles. The van der Waals surface area contributed by atoms with Crippen LogP contribution >= 0.6 is 0 Å². The van der Waals surface area contributed by atoms with Crippen LogP contribution in [0.2, 0.25) is 0 Å². The second-order valence-electron chi connectivity index (χ2n) is 4.52. The van der Waals surface area contributed by atoms with E-state index in [-0.39, 0.29) is 0 Å². The number of nitrogens with two attached hydrogens (primary N) is 1. The molecule has 1 unspecified atom stereocenters. The van der Waals surface area contributed by atoms with Crippen molar-refractivity contribution in [3.05, 3.63) is 29.3 Å². The Morgan fingerprint density at radius 2 is 2.12 bits per heavy atom. The standard InChI is InChI=1S/C14H21NO2/c1-3-4-5-6-11(14(16)17)12-9-10(2)7-8-13(12)15/h7-9,11H,3-6,15H2,1-2H3,(H,16,17). The molecule has 0 aliphatic heterocycles. The van der Waals surface area contributed by atoms with Crippen molar-refractivity contribution in [3.8, 4) is 0 Å². The Morgan fingerprint density at radius 1 is 1.41 bits per heavy atom. The van der Waals surface area contributed by atoms with Gasteiger partial charge in [0, 0.05) is 5.69 Å². The van der Waals surface area contributed by atoms with Gasteiger partial charge < -0.3 is 10.8 Å². The summed E-state index contributed by atoms with van der Waals surface area (Å²) in [6.07, 6.45) is 3.75. The molecule has 0 aliphatic carbocycles. The smallest absolute Gasteiger partial charge is 0.311 e. The van der Waals surface area contributed by atoms with Crippen LogP contribution < -0.4 is 5.73 Å². The summed E-state index contributed by atoms with van der Waals surface area (Å²) in [5.41, 5.74) is 8.26. The summed E-state index contributed by atoms with van der Waals surface area (Å²) in [4.78, 5) is 11.3. The molecular weight excluding hydrogens is 214 g/mol. The fourth-order valence-corrected chi connectivity index (χ4v) is 2.01. The Bertz CT molecular complexity index is 388. The van der Waals surface area contributed by atoms with Gasteiger partial charge in [0.05, 0.1) is 5.92 Å². The number of benzene rings is 1. The van der Waals surface area contributed by atoms with Crippen LogP contribution in [0, 0.1) is 6.92 Å². The van der Waals surface area contributed by atoms with Gasteiger partial charge in [0.1, 0.15) is 0 Å². The first kappa shape index (κ1) is 13.6. The second kappa shape index (κ2) is 6.28. The first-order valence-electron chi connectivity index (χ1n) is 6.15. The molecule has 0 aliphatic rings. The molecule has 3 N–H and O–H groups in total. The number of unbranched alkanes of at least 4 members (excludes halogenated alkanes) is 2. The summed E-state index contributed by atoms with van der Waals surface area (Å²) >= 11 is 0. The van der Waals surface area contributed by atoms with Gasteiger partial charge in [0.15, 0.2) is 0 Å². The summed E-state index contributed by atoms with van der Waals surface area (Å²) in [6.45, 7) is 4.06. The van der Waals surface area contributed by atoms with E-state index in [4.69, 9.17) is 5.73 Å². The molecule has 17 heavy (non-hydrogen) atoms. The first-order chi connectivity index (χ1) is 8.06. The van der Waals surface area contributed by atoms with Crippen molar-refractivity contribution < 1.29 is 9.90 Å². The normalized spacial score (nSPS) is 12.4. The SMILES string of the molecule is CCCCCC(C(=O)O)c1cc(C)ccc1N. The Balaban J connectivity index is 2.89. The van der Waals surface area contributed by atoms with Gasteiger partial charge in [-0.05, 0) is 25.0 Å². The molecule has 1 aromatic carbocycles. The predicted molar refractivity (Wildman–Crippen MR) is 70.1 cm³/mol. The van der Waals surface area contributed by atoms with E-state index in [0.29, 0.717) is 12.1 Å². The number of carbonyl (C=O) groups is 1. The van der Waals surface area contributed by atoms with Crippen LogP contribution in [0.5, 0.6) is 0 Å². The third-order valence-corrected chi connectivity index (χ3v) is 3.01. The highest BCUT2D eigenvalue weighted by Gasteiger charge is 2.21. The summed E-state index contributed by atoms with van der Waals surface area (Å²) in [6, 6.07) is 5.59. The van der Waals surface area contributed by atoms with E-state index in [0.717, 1.165) is 30.4 Å². The van der Waals surface area contributed by atoms with Crippen molar-refractivity contribution in [3.63, 3.8) is 0 Å². The molecule has 0 saturated heterocycles. The van der Waals surface area contributed by atoms with Gasteiger partial charge in [-0.1, -0.05) is 43.9 Å². The van der Waals surface area contributed by atoms with E-state index in [1.807, 2.05) is 19.1 Å².